The van der Waals surface area contributed by atoms with Crippen LogP contribution >= 0.6 is 11.3 Å². The third kappa shape index (κ3) is 2.22. The summed E-state index contributed by atoms with van der Waals surface area (Å²) in [5.41, 5.74) is 1.14. The van der Waals surface area contributed by atoms with Crippen LogP contribution in [0, 0.1) is 5.82 Å². The summed E-state index contributed by atoms with van der Waals surface area (Å²) in [6.07, 6.45) is 0. The van der Waals surface area contributed by atoms with Crippen molar-refractivity contribution in [2.75, 3.05) is 0 Å². The highest BCUT2D eigenvalue weighted by molar-refractivity contribution is 7.17. The molecule has 0 aliphatic carbocycles. The van der Waals surface area contributed by atoms with Gasteiger partial charge in [-0.1, -0.05) is 24.3 Å². The molecule has 0 radical (unpaired) electrons. The molecule has 2 aromatic carbocycles. The van der Waals surface area contributed by atoms with Gasteiger partial charge in [0.15, 0.2) is 0 Å². The molecule has 90 valence electrons. The zero-order valence-corrected chi connectivity index (χ0v) is 10.4. The molecule has 0 fully saturated rings. The van der Waals surface area contributed by atoms with Crippen molar-refractivity contribution < 1.29 is 9.13 Å². The van der Waals surface area contributed by atoms with Crippen LogP contribution in [0.3, 0.4) is 0 Å². The molecule has 1 nitrogen and oxygen atoms in total. The standard InChI is InChI=1S/C15H11FOS/c16-12-4-3-5-13(8-12)17-9-11-10-18-15-7-2-1-6-14(11)15/h1-8,10H,9H2. The summed E-state index contributed by atoms with van der Waals surface area (Å²) in [7, 11) is 0. The number of hydrogen-bond acceptors (Lipinski definition) is 2. The molecule has 18 heavy (non-hydrogen) atoms. The van der Waals surface area contributed by atoms with Crippen LogP contribution in [0.25, 0.3) is 10.1 Å². The monoisotopic (exact) mass is 258 g/mol. The van der Waals surface area contributed by atoms with Gasteiger partial charge in [-0.2, -0.15) is 0 Å². The number of benzene rings is 2. The number of fused-ring (bicyclic) bond motifs is 1. The molecule has 0 aliphatic rings. The molecule has 0 amide bonds. The van der Waals surface area contributed by atoms with Gasteiger partial charge in [-0.3, -0.25) is 0 Å². The average Bonchev–Trinajstić information content (AvgIpc) is 2.80. The van der Waals surface area contributed by atoms with E-state index in [0.29, 0.717) is 12.4 Å². The summed E-state index contributed by atoms with van der Waals surface area (Å²) in [6.45, 7) is 0.466. The third-order valence-corrected chi connectivity index (χ3v) is 3.76. The van der Waals surface area contributed by atoms with Gasteiger partial charge >= 0.3 is 0 Å². The van der Waals surface area contributed by atoms with E-state index in [1.165, 1.54) is 22.2 Å². The molecule has 1 aromatic heterocycles. The predicted octanol–water partition coefficient (Wildman–Crippen LogP) is 4.62. The van der Waals surface area contributed by atoms with Gasteiger partial charge in [-0.05, 0) is 29.0 Å². The largest absolute Gasteiger partial charge is 0.489 e. The van der Waals surface area contributed by atoms with E-state index in [4.69, 9.17) is 4.74 Å². The lowest BCUT2D eigenvalue weighted by Crippen LogP contribution is -1.94. The fourth-order valence-corrected chi connectivity index (χ4v) is 2.81. The summed E-state index contributed by atoms with van der Waals surface area (Å²) >= 11 is 1.70. The van der Waals surface area contributed by atoms with E-state index in [0.717, 1.165) is 5.56 Å². The Bertz CT molecular complexity index is 675. The molecule has 0 spiro atoms. The molecule has 0 saturated heterocycles. The molecule has 0 unspecified atom stereocenters. The topological polar surface area (TPSA) is 9.23 Å². The van der Waals surface area contributed by atoms with Crippen LogP contribution in [0.2, 0.25) is 0 Å². The molecule has 0 aliphatic heterocycles. The summed E-state index contributed by atoms with van der Waals surface area (Å²) in [5.74, 6) is 0.285. The molecule has 0 N–H and O–H groups in total. The second-order valence-electron chi connectivity index (χ2n) is 4.00. The number of thiophene rings is 1. The molecule has 3 heteroatoms. The first-order valence-corrected chi connectivity index (χ1v) is 6.54. The van der Waals surface area contributed by atoms with E-state index in [-0.39, 0.29) is 5.82 Å². The summed E-state index contributed by atoms with van der Waals surface area (Å²) in [5, 5.41) is 3.29. The minimum absolute atomic E-state index is 0.275. The van der Waals surface area contributed by atoms with Crippen LogP contribution in [-0.4, -0.2) is 0 Å². The number of hydrogen-bond donors (Lipinski definition) is 0. The molecule has 0 bridgehead atoms. The van der Waals surface area contributed by atoms with E-state index in [1.807, 2.05) is 12.1 Å². The fraction of sp³-hybridized carbons (Fsp3) is 0.0667. The van der Waals surface area contributed by atoms with Crippen molar-refractivity contribution >= 4 is 21.4 Å². The van der Waals surface area contributed by atoms with Gasteiger partial charge in [-0.15, -0.1) is 11.3 Å². The first kappa shape index (κ1) is 11.2. The van der Waals surface area contributed by atoms with Crippen molar-refractivity contribution in [3.05, 3.63) is 65.3 Å². The Morgan fingerprint density at radius 3 is 2.83 bits per heavy atom. The normalized spacial score (nSPS) is 10.7. The highest BCUT2D eigenvalue weighted by Gasteiger charge is 2.04. The molecular weight excluding hydrogens is 247 g/mol. The van der Waals surface area contributed by atoms with Crippen molar-refractivity contribution in [2.24, 2.45) is 0 Å². The highest BCUT2D eigenvalue weighted by Crippen LogP contribution is 2.26. The van der Waals surface area contributed by atoms with Gasteiger partial charge in [0.1, 0.15) is 18.2 Å². The molecule has 3 rings (SSSR count). The Labute approximate surface area is 108 Å². The first-order valence-electron chi connectivity index (χ1n) is 5.66. The van der Waals surface area contributed by atoms with Crippen LogP contribution in [0.4, 0.5) is 4.39 Å². The van der Waals surface area contributed by atoms with Crippen molar-refractivity contribution in [3.63, 3.8) is 0 Å². The predicted molar refractivity (Wildman–Crippen MR) is 72.6 cm³/mol. The minimum atomic E-state index is -0.275. The highest BCUT2D eigenvalue weighted by atomic mass is 32.1. The van der Waals surface area contributed by atoms with Crippen LogP contribution in [-0.2, 0) is 6.61 Å². The van der Waals surface area contributed by atoms with Crippen LogP contribution in [0.1, 0.15) is 5.56 Å². The molecule has 3 aromatic rings. The Morgan fingerprint density at radius 1 is 1.06 bits per heavy atom. The second-order valence-corrected chi connectivity index (χ2v) is 4.91. The molecule has 1 heterocycles. The lowest BCUT2D eigenvalue weighted by atomic mass is 10.2. The summed E-state index contributed by atoms with van der Waals surface area (Å²) in [6, 6.07) is 14.4. The van der Waals surface area contributed by atoms with E-state index in [2.05, 4.69) is 17.5 Å². The van der Waals surface area contributed by atoms with Gasteiger partial charge in [0, 0.05) is 16.3 Å². The Kier molecular flexibility index (Phi) is 2.99. The van der Waals surface area contributed by atoms with Crippen molar-refractivity contribution in [1.29, 1.82) is 0 Å². The Morgan fingerprint density at radius 2 is 1.94 bits per heavy atom. The van der Waals surface area contributed by atoms with Crippen LogP contribution in [0.15, 0.2) is 53.9 Å². The van der Waals surface area contributed by atoms with E-state index in [9.17, 15) is 4.39 Å². The zero-order chi connectivity index (χ0) is 12.4. The summed E-state index contributed by atoms with van der Waals surface area (Å²) < 4.78 is 19.9. The molecule has 0 atom stereocenters. The Balaban J connectivity index is 1.81. The van der Waals surface area contributed by atoms with Gasteiger partial charge in [0.25, 0.3) is 0 Å². The SMILES string of the molecule is Fc1cccc(OCc2csc3ccccc23)c1. The van der Waals surface area contributed by atoms with Crippen LogP contribution < -0.4 is 4.74 Å². The average molecular weight is 258 g/mol. The van der Waals surface area contributed by atoms with Crippen LogP contribution in [0.5, 0.6) is 5.75 Å². The van der Waals surface area contributed by atoms with E-state index in [1.54, 1.807) is 23.5 Å². The van der Waals surface area contributed by atoms with Gasteiger partial charge < -0.3 is 4.74 Å². The van der Waals surface area contributed by atoms with Gasteiger partial charge in [0.05, 0.1) is 0 Å². The maximum atomic E-state index is 13.0. The number of rotatable bonds is 3. The van der Waals surface area contributed by atoms with Gasteiger partial charge in [0.2, 0.25) is 0 Å². The van der Waals surface area contributed by atoms with Crippen molar-refractivity contribution in [2.45, 2.75) is 6.61 Å². The zero-order valence-electron chi connectivity index (χ0n) is 9.60. The molecule has 0 saturated carbocycles. The fourth-order valence-electron chi connectivity index (χ4n) is 1.86. The number of ether oxygens (including phenoxy) is 1. The van der Waals surface area contributed by atoms with Crippen molar-refractivity contribution in [1.82, 2.24) is 0 Å². The number of halogens is 1. The first-order chi connectivity index (χ1) is 8.83. The lowest BCUT2D eigenvalue weighted by Gasteiger charge is -2.05. The third-order valence-electron chi connectivity index (χ3n) is 2.75. The van der Waals surface area contributed by atoms with Crippen molar-refractivity contribution in [3.8, 4) is 5.75 Å². The Hall–Kier alpha value is -1.87. The smallest absolute Gasteiger partial charge is 0.126 e. The minimum Gasteiger partial charge on any atom is -0.489 e. The van der Waals surface area contributed by atoms with E-state index >= 15 is 0 Å². The molecular formula is C15H11FOS. The maximum Gasteiger partial charge on any atom is 0.126 e. The van der Waals surface area contributed by atoms with E-state index < -0.39 is 0 Å². The van der Waals surface area contributed by atoms with Gasteiger partial charge in [-0.25, -0.2) is 4.39 Å². The lowest BCUT2D eigenvalue weighted by molar-refractivity contribution is 0.306. The maximum absolute atomic E-state index is 13.0. The quantitative estimate of drug-likeness (QED) is 0.666. The summed E-state index contributed by atoms with van der Waals surface area (Å²) in [4.78, 5) is 0. The second kappa shape index (κ2) is 4.78.